The van der Waals surface area contributed by atoms with Crippen molar-refractivity contribution in [2.24, 2.45) is 0 Å². The Balaban J connectivity index is 2.19. The highest BCUT2D eigenvalue weighted by Gasteiger charge is 2.26. The summed E-state index contributed by atoms with van der Waals surface area (Å²) >= 11 is 12.2. The highest BCUT2D eigenvalue weighted by Crippen LogP contribution is 2.38. The van der Waals surface area contributed by atoms with Crippen molar-refractivity contribution >= 4 is 23.2 Å². The second kappa shape index (κ2) is 4.73. The number of hydrogen-bond acceptors (Lipinski definition) is 1. The molecule has 82 valence electrons. The predicted molar refractivity (Wildman–Crippen MR) is 65.9 cm³/mol. The Hall–Kier alpha value is -0.240. The minimum Gasteiger partial charge on any atom is -0.317 e. The molecule has 0 saturated heterocycles. The average Bonchev–Trinajstić information content (AvgIpc) is 2.70. The van der Waals surface area contributed by atoms with Gasteiger partial charge < -0.3 is 5.32 Å². The molecule has 15 heavy (non-hydrogen) atoms. The fraction of sp³-hybridized carbons (Fsp3) is 0.500. The Bertz CT molecular complexity index is 351. The molecule has 1 saturated carbocycles. The van der Waals surface area contributed by atoms with Gasteiger partial charge in [-0.3, -0.25) is 0 Å². The van der Waals surface area contributed by atoms with Gasteiger partial charge in [0.15, 0.2) is 0 Å². The fourth-order valence-corrected chi connectivity index (χ4v) is 2.81. The standard InChI is InChI=1S/C12H15Cl2N/c1-15-10-4-2-8(6-10)11-7-9(13)3-5-12(11)14/h3,5,7-8,10,15H,2,4,6H2,1H3. The van der Waals surface area contributed by atoms with E-state index >= 15 is 0 Å². The molecule has 1 aliphatic rings. The van der Waals surface area contributed by atoms with Gasteiger partial charge in [-0.05, 0) is 56.0 Å². The smallest absolute Gasteiger partial charge is 0.0441 e. The van der Waals surface area contributed by atoms with E-state index in [0.717, 1.165) is 16.5 Å². The number of nitrogens with one attached hydrogen (secondary N) is 1. The van der Waals surface area contributed by atoms with Gasteiger partial charge in [0.05, 0.1) is 0 Å². The van der Waals surface area contributed by atoms with Gasteiger partial charge >= 0.3 is 0 Å². The Morgan fingerprint density at radius 3 is 2.73 bits per heavy atom. The lowest BCUT2D eigenvalue weighted by atomic mass is 9.97. The van der Waals surface area contributed by atoms with Gasteiger partial charge in [-0.25, -0.2) is 0 Å². The Morgan fingerprint density at radius 2 is 2.07 bits per heavy atom. The van der Waals surface area contributed by atoms with Crippen LogP contribution in [0.2, 0.25) is 10.0 Å². The zero-order valence-electron chi connectivity index (χ0n) is 8.76. The lowest BCUT2D eigenvalue weighted by molar-refractivity contribution is 0.572. The second-order valence-electron chi connectivity index (χ2n) is 4.16. The van der Waals surface area contributed by atoms with E-state index < -0.39 is 0 Å². The fourth-order valence-electron chi connectivity index (χ4n) is 2.35. The van der Waals surface area contributed by atoms with E-state index in [4.69, 9.17) is 23.2 Å². The van der Waals surface area contributed by atoms with Crippen molar-refractivity contribution in [2.45, 2.75) is 31.2 Å². The van der Waals surface area contributed by atoms with Crippen LogP contribution in [0.1, 0.15) is 30.7 Å². The molecule has 0 radical (unpaired) electrons. The third-order valence-corrected chi connectivity index (χ3v) is 3.82. The Morgan fingerprint density at radius 1 is 1.27 bits per heavy atom. The molecule has 2 unspecified atom stereocenters. The lowest BCUT2D eigenvalue weighted by Crippen LogP contribution is -2.21. The maximum Gasteiger partial charge on any atom is 0.0441 e. The normalized spacial score (nSPS) is 25.8. The van der Waals surface area contributed by atoms with E-state index in [-0.39, 0.29) is 0 Å². The number of rotatable bonds is 2. The first-order valence-corrected chi connectivity index (χ1v) is 6.08. The second-order valence-corrected chi connectivity index (χ2v) is 5.01. The SMILES string of the molecule is CNC1CCC(c2cc(Cl)ccc2Cl)C1. The van der Waals surface area contributed by atoms with Crippen LogP contribution in [-0.2, 0) is 0 Å². The monoisotopic (exact) mass is 243 g/mol. The summed E-state index contributed by atoms with van der Waals surface area (Å²) in [6, 6.07) is 6.38. The summed E-state index contributed by atoms with van der Waals surface area (Å²) < 4.78 is 0. The number of halogens is 2. The van der Waals surface area contributed by atoms with Crippen molar-refractivity contribution in [2.75, 3.05) is 7.05 Å². The van der Waals surface area contributed by atoms with Crippen LogP contribution in [-0.4, -0.2) is 13.1 Å². The van der Waals surface area contributed by atoms with Gasteiger partial charge in [0.25, 0.3) is 0 Å². The highest BCUT2D eigenvalue weighted by atomic mass is 35.5. The molecular weight excluding hydrogens is 229 g/mol. The van der Waals surface area contributed by atoms with E-state index in [9.17, 15) is 0 Å². The molecule has 0 aliphatic heterocycles. The third kappa shape index (κ3) is 2.47. The van der Waals surface area contributed by atoms with E-state index in [1.54, 1.807) is 0 Å². The zero-order chi connectivity index (χ0) is 10.8. The number of benzene rings is 1. The van der Waals surface area contributed by atoms with Gasteiger partial charge in [-0.15, -0.1) is 0 Å². The first-order valence-electron chi connectivity index (χ1n) is 5.33. The van der Waals surface area contributed by atoms with E-state index in [2.05, 4.69) is 5.32 Å². The summed E-state index contributed by atoms with van der Waals surface area (Å²) in [7, 11) is 2.02. The molecular formula is C12H15Cl2N. The molecule has 0 heterocycles. The zero-order valence-corrected chi connectivity index (χ0v) is 10.3. The summed E-state index contributed by atoms with van der Waals surface area (Å²) in [6.45, 7) is 0. The van der Waals surface area contributed by atoms with Crippen molar-refractivity contribution < 1.29 is 0 Å². The van der Waals surface area contributed by atoms with Crippen molar-refractivity contribution in [1.82, 2.24) is 5.32 Å². The molecule has 1 aromatic carbocycles. The maximum atomic E-state index is 6.19. The first-order chi connectivity index (χ1) is 7.20. The molecule has 1 aromatic rings. The summed E-state index contributed by atoms with van der Waals surface area (Å²) in [5.74, 6) is 0.564. The average molecular weight is 244 g/mol. The van der Waals surface area contributed by atoms with Gasteiger partial charge in [0, 0.05) is 16.1 Å². The molecule has 3 heteroatoms. The van der Waals surface area contributed by atoms with Gasteiger partial charge in [-0.2, -0.15) is 0 Å². The van der Waals surface area contributed by atoms with Crippen LogP contribution in [0.15, 0.2) is 18.2 Å². The molecule has 2 atom stereocenters. The van der Waals surface area contributed by atoms with Crippen LogP contribution in [0.25, 0.3) is 0 Å². The molecule has 0 amide bonds. The maximum absolute atomic E-state index is 6.19. The van der Waals surface area contributed by atoms with Crippen molar-refractivity contribution in [1.29, 1.82) is 0 Å². The quantitative estimate of drug-likeness (QED) is 0.833. The lowest BCUT2D eigenvalue weighted by Gasteiger charge is -2.13. The summed E-state index contributed by atoms with van der Waals surface area (Å²) in [5.41, 5.74) is 1.21. The molecule has 1 aliphatic carbocycles. The summed E-state index contributed by atoms with van der Waals surface area (Å²) in [4.78, 5) is 0. The van der Waals surface area contributed by atoms with E-state index in [0.29, 0.717) is 12.0 Å². The van der Waals surface area contributed by atoms with Crippen LogP contribution >= 0.6 is 23.2 Å². The van der Waals surface area contributed by atoms with Crippen molar-refractivity contribution in [3.8, 4) is 0 Å². The van der Waals surface area contributed by atoms with Crippen LogP contribution in [0, 0.1) is 0 Å². The topological polar surface area (TPSA) is 12.0 Å². The molecule has 0 aromatic heterocycles. The van der Waals surface area contributed by atoms with E-state index in [1.807, 2.05) is 25.2 Å². The predicted octanol–water partition coefficient (Wildman–Crippen LogP) is 3.85. The van der Waals surface area contributed by atoms with E-state index in [1.165, 1.54) is 18.4 Å². The van der Waals surface area contributed by atoms with Crippen LogP contribution in [0.3, 0.4) is 0 Å². The Kier molecular flexibility index (Phi) is 3.55. The Labute approximate surface area is 101 Å². The molecule has 1 N–H and O–H groups in total. The minimum atomic E-state index is 0.564. The molecule has 0 bridgehead atoms. The first kappa shape index (κ1) is 11.3. The third-order valence-electron chi connectivity index (χ3n) is 3.24. The highest BCUT2D eigenvalue weighted by molar-refractivity contribution is 6.33. The molecule has 0 spiro atoms. The van der Waals surface area contributed by atoms with Gasteiger partial charge in [0.1, 0.15) is 0 Å². The van der Waals surface area contributed by atoms with Crippen LogP contribution in [0.5, 0.6) is 0 Å². The molecule has 2 rings (SSSR count). The van der Waals surface area contributed by atoms with Crippen LogP contribution < -0.4 is 5.32 Å². The van der Waals surface area contributed by atoms with Gasteiger partial charge in [0.2, 0.25) is 0 Å². The number of hydrogen-bond donors (Lipinski definition) is 1. The summed E-state index contributed by atoms with van der Waals surface area (Å²) in [6.07, 6.45) is 3.59. The minimum absolute atomic E-state index is 0.564. The van der Waals surface area contributed by atoms with Gasteiger partial charge in [-0.1, -0.05) is 23.2 Å². The molecule has 1 nitrogen and oxygen atoms in total. The van der Waals surface area contributed by atoms with Crippen molar-refractivity contribution in [3.63, 3.8) is 0 Å². The molecule has 1 fully saturated rings. The largest absolute Gasteiger partial charge is 0.317 e. The van der Waals surface area contributed by atoms with Crippen LogP contribution in [0.4, 0.5) is 0 Å². The van der Waals surface area contributed by atoms with Crippen molar-refractivity contribution in [3.05, 3.63) is 33.8 Å². The summed E-state index contributed by atoms with van der Waals surface area (Å²) in [5, 5.41) is 4.95.